The molecule has 0 radical (unpaired) electrons. The van der Waals surface area contributed by atoms with Crippen LogP contribution in [0.4, 0.5) is 0 Å². The Morgan fingerprint density at radius 3 is 2.73 bits per heavy atom. The Morgan fingerprint density at radius 2 is 2.00 bits per heavy atom. The molecule has 26 heavy (non-hydrogen) atoms. The second-order valence-corrected chi connectivity index (χ2v) is 7.19. The van der Waals surface area contributed by atoms with E-state index in [1.165, 1.54) is 0 Å². The third-order valence-corrected chi connectivity index (χ3v) is 5.55. The molecular formula is C20H23N3O3. The first-order valence-electron chi connectivity index (χ1n) is 9.20. The molecule has 1 N–H and O–H groups in total. The molecule has 1 unspecified atom stereocenters. The number of benzene rings is 1. The van der Waals surface area contributed by atoms with Crippen LogP contribution in [0.2, 0.25) is 0 Å². The highest BCUT2D eigenvalue weighted by Gasteiger charge is 2.53. The van der Waals surface area contributed by atoms with Crippen molar-refractivity contribution in [1.29, 1.82) is 0 Å². The molecule has 1 atom stereocenters. The highest BCUT2D eigenvalue weighted by molar-refractivity contribution is 5.87. The summed E-state index contributed by atoms with van der Waals surface area (Å²) < 4.78 is 7.44. The summed E-state index contributed by atoms with van der Waals surface area (Å²) >= 11 is 0. The minimum atomic E-state index is -0.560. The number of ether oxygens (including phenoxy) is 1. The summed E-state index contributed by atoms with van der Waals surface area (Å²) in [6.45, 7) is 1.10. The average Bonchev–Trinajstić information content (AvgIpc) is 3.37. The first kappa shape index (κ1) is 16.8. The molecule has 0 bridgehead atoms. The lowest BCUT2D eigenvalue weighted by Gasteiger charge is -2.28. The van der Waals surface area contributed by atoms with Gasteiger partial charge < -0.3 is 10.1 Å². The molecule has 2 aliphatic rings. The molecule has 1 saturated heterocycles. The average molecular weight is 353 g/mol. The van der Waals surface area contributed by atoms with Crippen LogP contribution in [0.5, 0.6) is 0 Å². The van der Waals surface area contributed by atoms with Crippen molar-refractivity contribution in [2.45, 2.75) is 50.8 Å². The number of rotatable bonds is 5. The summed E-state index contributed by atoms with van der Waals surface area (Å²) in [6.07, 6.45) is 7.50. The number of carbonyl (C=O) groups is 2. The van der Waals surface area contributed by atoms with Crippen molar-refractivity contribution >= 4 is 11.9 Å². The van der Waals surface area contributed by atoms with Gasteiger partial charge in [0.1, 0.15) is 5.60 Å². The van der Waals surface area contributed by atoms with Crippen molar-refractivity contribution in [1.82, 2.24) is 15.1 Å². The van der Waals surface area contributed by atoms with Gasteiger partial charge in [-0.15, -0.1) is 0 Å². The minimum absolute atomic E-state index is 0.0772. The van der Waals surface area contributed by atoms with Gasteiger partial charge in [0.2, 0.25) is 5.91 Å². The molecule has 1 amide bonds. The lowest BCUT2D eigenvalue weighted by Crippen LogP contribution is -2.42. The maximum atomic E-state index is 12.8. The van der Waals surface area contributed by atoms with Gasteiger partial charge in [0.15, 0.2) is 0 Å². The van der Waals surface area contributed by atoms with E-state index in [1.807, 2.05) is 41.2 Å². The number of esters is 1. The molecule has 1 aliphatic carbocycles. The topological polar surface area (TPSA) is 73.2 Å². The molecule has 6 nitrogen and oxygen atoms in total. The summed E-state index contributed by atoms with van der Waals surface area (Å²) in [7, 11) is 0. The van der Waals surface area contributed by atoms with Crippen molar-refractivity contribution in [3.63, 3.8) is 0 Å². The van der Waals surface area contributed by atoms with E-state index in [0.717, 1.165) is 36.8 Å². The highest BCUT2D eigenvalue weighted by Crippen LogP contribution is 2.45. The van der Waals surface area contributed by atoms with Gasteiger partial charge >= 0.3 is 5.97 Å². The molecule has 2 fully saturated rings. The largest absolute Gasteiger partial charge is 0.458 e. The fraction of sp³-hybridized carbons (Fsp3) is 0.450. The molecule has 2 heterocycles. The van der Waals surface area contributed by atoms with Gasteiger partial charge in [0, 0.05) is 18.9 Å². The third kappa shape index (κ3) is 3.23. The first-order valence-corrected chi connectivity index (χ1v) is 9.20. The van der Waals surface area contributed by atoms with E-state index in [1.54, 1.807) is 6.20 Å². The maximum Gasteiger partial charge on any atom is 0.307 e. The van der Waals surface area contributed by atoms with E-state index in [0.29, 0.717) is 13.1 Å². The Hall–Kier alpha value is -2.63. The monoisotopic (exact) mass is 353 g/mol. The van der Waals surface area contributed by atoms with Gasteiger partial charge in [-0.1, -0.05) is 24.3 Å². The Balaban J connectivity index is 1.44. The van der Waals surface area contributed by atoms with E-state index in [4.69, 9.17) is 4.74 Å². The van der Waals surface area contributed by atoms with Gasteiger partial charge in [-0.2, -0.15) is 5.10 Å². The van der Waals surface area contributed by atoms with Crippen molar-refractivity contribution < 1.29 is 14.3 Å². The fourth-order valence-electron chi connectivity index (χ4n) is 4.21. The van der Waals surface area contributed by atoms with Gasteiger partial charge in [-0.3, -0.25) is 14.3 Å². The van der Waals surface area contributed by atoms with Gasteiger partial charge in [-0.25, -0.2) is 0 Å². The molecule has 4 rings (SSSR count). The molecule has 1 spiro atoms. The van der Waals surface area contributed by atoms with Crippen molar-refractivity contribution in [2.24, 2.45) is 5.92 Å². The number of carbonyl (C=O) groups excluding carboxylic acids is 2. The molecule has 1 saturated carbocycles. The SMILES string of the molecule is O=C1CC(C(=O)NCc2ccccc2Cn2cccn2)C2(CCCC2)O1. The van der Waals surface area contributed by atoms with Crippen LogP contribution in [0.3, 0.4) is 0 Å². The smallest absolute Gasteiger partial charge is 0.307 e. The second kappa shape index (κ2) is 6.94. The first-order chi connectivity index (χ1) is 12.7. The summed E-state index contributed by atoms with van der Waals surface area (Å²) in [4.78, 5) is 24.6. The Labute approximate surface area is 152 Å². The Bertz CT molecular complexity index is 794. The van der Waals surface area contributed by atoms with Crippen molar-refractivity contribution in [2.75, 3.05) is 0 Å². The molecule has 1 aromatic heterocycles. The molecule has 1 aliphatic heterocycles. The number of hydrogen-bond acceptors (Lipinski definition) is 4. The van der Waals surface area contributed by atoms with Gasteiger partial charge in [0.05, 0.1) is 18.9 Å². The molecule has 2 aromatic rings. The quantitative estimate of drug-likeness (QED) is 0.838. The Kier molecular flexibility index (Phi) is 4.49. The number of amides is 1. The van der Waals surface area contributed by atoms with Crippen LogP contribution in [-0.2, 0) is 27.4 Å². The van der Waals surface area contributed by atoms with Crippen LogP contribution in [0.1, 0.15) is 43.2 Å². The maximum absolute atomic E-state index is 12.8. The lowest BCUT2D eigenvalue weighted by molar-refractivity contribution is -0.149. The van der Waals surface area contributed by atoms with Crippen LogP contribution >= 0.6 is 0 Å². The Morgan fingerprint density at radius 1 is 1.23 bits per heavy atom. The van der Waals surface area contributed by atoms with Gasteiger partial charge in [0.25, 0.3) is 0 Å². The number of nitrogens with zero attached hydrogens (tertiary/aromatic N) is 2. The van der Waals surface area contributed by atoms with Gasteiger partial charge in [-0.05, 0) is 42.9 Å². The summed E-state index contributed by atoms with van der Waals surface area (Å²) in [6, 6.07) is 9.91. The van der Waals surface area contributed by atoms with Crippen LogP contribution in [0.25, 0.3) is 0 Å². The van der Waals surface area contributed by atoms with Crippen molar-refractivity contribution in [3.8, 4) is 0 Å². The van der Waals surface area contributed by atoms with Crippen LogP contribution in [0.15, 0.2) is 42.7 Å². The zero-order chi connectivity index (χ0) is 18.0. The lowest BCUT2D eigenvalue weighted by atomic mass is 9.85. The molecular weight excluding hydrogens is 330 g/mol. The molecule has 1 aromatic carbocycles. The highest BCUT2D eigenvalue weighted by atomic mass is 16.6. The number of nitrogens with one attached hydrogen (secondary N) is 1. The number of aromatic nitrogens is 2. The second-order valence-electron chi connectivity index (χ2n) is 7.19. The number of hydrogen-bond donors (Lipinski definition) is 1. The predicted molar refractivity (Wildman–Crippen MR) is 95.0 cm³/mol. The summed E-state index contributed by atoms with van der Waals surface area (Å²) in [5, 5.41) is 7.27. The summed E-state index contributed by atoms with van der Waals surface area (Å²) in [5.74, 6) is -0.687. The van der Waals surface area contributed by atoms with E-state index < -0.39 is 5.60 Å². The van der Waals surface area contributed by atoms with Crippen LogP contribution in [-0.4, -0.2) is 27.3 Å². The third-order valence-electron chi connectivity index (χ3n) is 5.55. The summed E-state index contributed by atoms with van der Waals surface area (Å²) in [5.41, 5.74) is 1.61. The zero-order valence-corrected chi connectivity index (χ0v) is 14.7. The minimum Gasteiger partial charge on any atom is -0.458 e. The standard InChI is InChI=1S/C20H23N3O3/c24-18-12-17(20(26-18)8-3-4-9-20)19(25)21-13-15-6-1-2-7-16(15)14-23-11-5-10-22-23/h1-2,5-7,10-11,17H,3-4,8-9,12-14H2,(H,21,25). The van der Waals surface area contributed by atoms with E-state index in [-0.39, 0.29) is 24.2 Å². The predicted octanol–water partition coefficient (Wildman–Crippen LogP) is 2.42. The van der Waals surface area contributed by atoms with E-state index in [9.17, 15) is 9.59 Å². The fourth-order valence-corrected chi connectivity index (χ4v) is 4.21. The normalized spacial score (nSPS) is 21.1. The zero-order valence-electron chi connectivity index (χ0n) is 14.7. The van der Waals surface area contributed by atoms with Crippen LogP contribution < -0.4 is 5.32 Å². The van der Waals surface area contributed by atoms with Crippen molar-refractivity contribution in [3.05, 3.63) is 53.9 Å². The van der Waals surface area contributed by atoms with E-state index in [2.05, 4.69) is 10.4 Å². The van der Waals surface area contributed by atoms with E-state index >= 15 is 0 Å². The van der Waals surface area contributed by atoms with Crippen LogP contribution in [0, 0.1) is 5.92 Å². The molecule has 6 heteroatoms. The molecule has 136 valence electrons.